The van der Waals surface area contributed by atoms with Crippen molar-refractivity contribution in [1.29, 1.82) is 0 Å². The molecule has 0 radical (unpaired) electrons. The summed E-state index contributed by atoms with van der Waals surface area (Å²) in [6.45, 7) is 2.61. The normalized spacial score (nSPS) is 29.1. The first-order valence-corrected chi connectivity index (χ1v) is 10.3. The lowest BCUT2D eigenvalue weighted by atomic mass is 9.94. The monoisotopic (exact) mass is 394 g/mol. The van der Waals surface area contributed by atoms with Crippen molar-refractivity contribution in [3.05, 3.63) is 59.1 Å². The summed E-state index contributed by atoms with van der Waals surface area (Å²) in [4.78, 5) is 28.8. The number of ether oxygens (including phenoxy) is 1. The largest absolute Gasteiger partial charge is 0.491 e. The maximum absolute atomic E-state index is 12.6. The molecule has 0 bridgehead atoms. The molecule has 7 nitrogen and oxygen atoms in total. The van der Waals surface area contributed by atoms with Crippen LogP contribution in [0.2, 0.25) is 0 Å². The van der Waals surface area contributed by atoms with E-state index in [9.17, 15) is 9.59 Å². The minimum Gasteiger partial charge on any atom is -0.491 e. The van der Waals surface area contributed by atoms with Gasteiger partial charge in [0.25, 0.3) is 0 Å². The first-order chi connectivity index (χ1) is 14.1. The Kier molecular flexibility index (Phi) is 4.64. The SMILES string of the molecule is NC(=O)C1=CN2CC3NCC4CCC(=O)C4N3CC2=C(OCc2ccccc2)C1. The summed E-state index contributed by atoms with van der Waals surface area (Å²) in [5, 5.41) is 3.59. The molecule has 7 heteroatoms. The molecule has 29 heavy (non-hydrogen) atoms. The molecule has 3 atom stereocenters. The minimum atomic E-state index is -0.421. The summed E-state index contributed by atoms with van der Waals surface area (Å²) in [6.07, 6.45) is 3.97. The van der Waals surface area contributed by atoms with Crippen LogP contribution in [-0.4, -0.2) is 53.3 Å². The molecule has 0 aromatic heterocycles. The van der Waals surface area contributed by atoms with Gasteiger partial charge in [-0.25, -0.2) is 0 Å². The molecule has 1 aromatic rings. The maximum Gasteiger partial charge on any atom is 0.246 e. The first-order valence-electron chi connectivity index (χ1n) is 10.3. The number of nitrogens with one attached hydrogen (secondary N) is 1. The fourth-order valence-corrected chi connectivity index (χ4v) is 5.02. The second-order valence-electron chi connectivity index (χ2n) is 8.30. The number of hydrogen-bond acceptors (Lipinski definition) is 6. The maximum atomic E-state index is 12.6. The van der Waals surface area contributed by atoms with E-state index >= 15 is 0 Å². The van der Waals surface area contributed by atoms with Gasteiger partial charge < -0.3 is 15.4 Å². The van der Waals surface area contributed by atoms with Crippen LogP contribution in [0.5, 0.6) is 0 Å². The van der Waals surface area contributed by atoms with E-state index in [0.29, 0.717) is 49.8 Å². The standard InChI is InChI=1S/C22H26N4O3/c23-22(28)16-8-19(29-13-14-4-2-1-3-5-14)17-11-26-20(12-25(17)10-16)24-9-15-6-7-18(27)21(15)26/h1-5,10,15,20-21,24H,6-9,11-13H2,(H2,23,28). The quantitative estimate of drug-likeness (QED) is 0.795. The topological polar surface area (TPSA) is 87.9 Å². The Balaban J connectivity index is 1.43. The van der Waals surface area contributed by atoms with Gasteiger partial charge in [0, 0.05) is 37.7 Å². The number of Topliss-reactive ketones (excluding diaryl/α,β-unsaturated/α-hetero) is 1. The van der Waals surface area contributed by atoms with Crippen molar-refractivity contribution < 1.29 is 14.3 Å². The number of primary amides is 1. The molecule has 152 valence electrons. The Morgan fingerprint density at radius 2 is 2.10 bits per heavy atom. The molecule has 5 rings (SSSR count). The van der Waals surface area contributed by atoms with Crippen LogP contribution in [0.1, 0.15) is 24.8 Å². The predicted octanol–water partition coefficient (Wildman–Crippen LogP) is 1.08. The number of amides is 1. The van der Waals surface area contributed by atoms with Crippen LogP contribution in [0, 0.1) is 5.92 Å². The van der Waals surface area contributed by atoms with E-state index < -0.39 is 5.91 Å². The lowest BCUT2D eigenvalue weighted by Gasteiger charge is -2.50. The van der Waals surface area contributed by atoms with Crippen LogP contribution in [0.15, 0.2) is 53.6 Å². The number of piperazine rings is 1. The van der Waals surface area contributed by atoms with Gasteiger partial charge >= 0.3 is 0 Å². The van der Waals surface area contributed by atoms with E-state index in [4.69, 9.17) is 10.5 Å². The molecule has 3 fully saturated rings. The molecule has 1 aromatic carbocycles. The van der Waals surface area contributed by atoms with Crippen LogP contribution in [0.25, 0.3) is 0 Å². The van der Waals surface area contributed by atoms with Crippen molar-refractivity contribution in [2.24, 2.45) is 11.7 Å². The van der Waals surface area contributed by atoms with Crippen LogP contribution in [0.3, 0.4) is 0 Å². The van der Waals surface area contributed by atoms with E-state index in [1.54, 1.807) is 0 Å². The summed E-state index contributed by atoms with van der Waals surface area (Å²) < 4.78 is 6.19. The number of nitrogens with two attached hydrogens (primary N) is 1. The second-order valence-corrected chi connectivity index (χ2v) is 8.30. The molecule has 2 saturated heterocycles. The van der Waals surface area contributed by atoms with E-state index in [-0.39, 0.29) is 12.2 Å². The van der Waals surface area contributed by atoms with E-state index in [1.165, 1.54) is 0 Å². The summed E-state index contributed by atoms with van der Waals surface area (Å²) in [5.41, 5.74) is 8.25. The molecule has 3 aliphatic heterocycles. The van der Waals surface area contributed by atoms with E-state index in [0.717, 1.165) is 30.0 Å². The van der Waals surface area contributed by atoms with Gasteiger partial charge in [-0.15, -0.1) is 0 Å². The number of hydrogen-bond donors (Lipinski definition) is 2. The zero-order valence-electron chi connectivity index (χ0n) is 16.3. The summed E-state index contributed by atoms with van der Waals surface area (Å²) in [6, 6.07) is 9.96. The van der Waals surface area contributed by atoms with Crippen molar-refractivity contribution in [2.45, 2.75) is 38.1 Å². The highest BCUT2D eigenvalue weighted by Gasteiger charge is 2.48. The fourth-order valence-electron chi connectivity index (χ4n) is 5.02. The number of fused-ring (bicyclic) bond motifs is 4. The number of carbonyl (C=O) groups excluding carboxylic acids is 2. The second kappa shape index (κ2) is 7.31. The summed E-state index contributed by atoms with van der Waals surface area (Å²) >= 11 is 0. The van der Waals surface area contributed by atoms with Crippen LogP contribution >= 0.6 is 0 Å². The Bertz CT molecular complexity index is 895. The smallest absolute Gasteiger partial charge is 0.246 e. The predicted molar refractivity (Wildman–Crippen MR) is 107 cm³/mol. The Labute approximate surface area is 170 Å². The molecular formula is C22H26N4O3. The van der Waals surface area contributed by atoms with Crippen molar-refractivity contribution in [1.82, 2.24) is 15.1 Å². The molecule has 4 aliphatic rings. The Morgan fingerprint density at radius 3 is 2.90 bits per heavy atom. The van der Waals surface area contributed by atoms with Crippen molar-refractivity contribution in [2.75, 3.05) is 19.6 Å². The van der Waals surface area contributed by atoms with Gasteiger partial charge in [-0.2, -0.15) is 0 Å². The van der Waals surface area contributed by atoms with Gasteiger partial charge in [0.1, 0.15) is 18.1 Å². The van der Waals surface area contributed by atoms with Crippen LogP contribution < -0.4 is 11.1 Å². The molecule has 0 spiro atoms. The van der Waals surface area contributed by atoms with Gasteiger partial charge in [-0.1, -0.05) is 30.3 Å². The number of rotatable bonds is 4. The summed E-state index contributed by atoms with van der Waals surface area (Å²) in [7, 11) is 0. The third kappa shape index (κ3) is 3.34. The highest BCUT2D eigenvalue weighted by Crippen LogP contribution is 2.37. The van der Waals surface area contributed by atoms with Gasteiger partial charge in [0.05, 0.1) is 24.4 Å². The molecule has 1 saturated carbocycles. The molecule has 3 N–H and O–H groups in total. The number of nitrogens with zero attached hydrogens (tertiary/aromatic N) is 2. The van der Waals surface area contributed by atoms with Crippen molar-refractivity contribution in [3.8, 4) is 0 Å². The number of benzene rings is 1. The van der Waals surface area contributed by atoms with Gasteiger partial charge in [-0.05, 0) is 17.9 Å². The highest BCUT2D eigenvalue weighted by atomic mass is 16.5. The third-order valence-corrected chi connectivity index (χ3v) is 6.52. The van der Waals surface area contributed by atoms with Crippen molar-refractivity contribution in [3.63, 3.8) is 0 Å². The van der Waals surface area contributed by atoms with Gasteiger partial charge in [0.15, 0.2) is 0 Å². The Hall–Kier alpha value is -2.64. The van der Waals surface area contributed by atoms with Crippen molar-refractivity contribution >= 4 is 11.7 Å². The van der Waals surface area contributed by atoms with Gasteiger partial charge in [-0.3, -0.25) is 19.8 Å². The fraction of sp³-hybridized carbons (Fsp3) is 0.455. The molecule has 1 aliphatic carbocycles. The lowest BCUT2D eigenvalue weighted by Crippen LogP contribution is -2.67. The molecule has 1 amide bonds. The highest BCUT2D eigenvalue weighted by molar-refractivity contribution is 5.92. The molecule has 3 heterocycles. The third-order valence-electron chi connectivity index (χ3n) is 6.52. The number of ketones is 1. The molecule has 3 unspecified atom stereocenters. The average Bonchev–Trinajstić information content (AvgIpc) is 3.12. The van der Waals surface area contributed by atoms with Crippen LogP contribution in [-0.2, 0) is 20.9 Å². The first kappa shape index (κ1) is 18.4. The van der Waals surface area contributed by atoms with E-state index in [2.05, 4.69) is 15.1 Å². The average molecular weight is 394 g/mol. The summed E-state index contributed by atoms with van der Waals surface area (Å²) in [5.74, 6) is 1.09. The van der Waals surface area contributed by atoms with E-state index in [1.807, 2.05) is 36.5 Å². The zero-order chi connectivity index (χ0) is 20.0. The number of carbonyl (C=O) groups is 2. The zero-order valence-corrected chi connectivity index (χ0v) is 16.3. The molecular weight excluding hydrogens is 368 g/mol. The Morgan fingerprint density at radius 1 is 1.28 bits per heavy atom. The van der Waals surface area contributed by atoms with Gasteiger partial charge in [0.2, 0.25) is 5.91 Å². The van der Waals surface area contributed by atoms with Crippen LogP contribution in [0.4, 0.5) is 0 Å². The number of allylic oxidation sites excluding steroid dienone is 1. The minimum absolute atomic E-state index is 0.00668. The lowest BCUT2D eigenvalue weighted by molar-refractivity contribution is -0.126.